The smallest absolute Gasteiger partial charge is 0.247 e. The molecule has 0 aliphatic carbocycles. The Bertz CT molecular complexity index is 1240. The van der Waals surface area contributed by atoms with Crippen molar-refractivity contribution in [3.63, 3.8) is 0 Å². The lowest BCUT2D eigenvalue weighted by Gasteiger charge is -2.11. The van der Waals surface area contributed by atoms with Gasteiger partial charge in [-0.2, -0.15) is 9.97 Å². The quantitative estimate of drug-likeness (QED) is 0.445. The van der Waals surface area contributed by atoms with Gasteiger partial charge in [-0.3, -0.25) is 4.79 Å². The van der Waals surface area contributed by atoms with E-state index in [4.69, 9.17) is 4.74 Å². The van der Waals surface area contributed by atoms with Gasteiger partial charge in [-0.1, -0.05) is 36.4 Å². The van der Waals surface area contributed by atoms with E-state index in [1.807, 2.05) is 25.1 Å². The Labute approximate surface area is 178 Å². The standard InChI is InChI=1S/C23H20FN5O2/c1-3-31-22-20-21(28-23(29-22)26-12-15-8-10-16(24)11-9-15)25-13-19(27-20)18-7-5-4-6-17(18)14(2)30/h4-11,13H,3,12H2,1-2H3,(H,25,26,28,29). The Morgan fingerprint density at radius 1 is 1.06 bits per heavy atom. The van der Waals surface area contributed by atoms with Crippen molar-refractivity contribution in [3.8, 4) is 17.1 Å². The molecule has 1 N–H and O–H groups in total. The Morgan fingerprint density at radius 2 is 1.84 bits per heavy atom. The van der Waals surface area contributed by atoms with Gasteiger partial charge in [0.05, 0.1) is 18.5 Å². The fraction of sp³-hybridized carbons (Fsp3) is 0.174. The van der Waals surface area contributed by atoms with Gasteiger partial charge >= 0.3 is 0 Å². The molecule has 2 aromatic carbocycles. The number of halogens is 1. The van der Waals surface area contributed by atoms with Gasteiger partial charge in [0.1, 0.15) is 5.82 Å². The third-order valence-electron chi connectivity index (χ3n) is 4.60. The summed E-state index contributed by atoms with van der Waals surface area (Å²) in [6.07, 6.45) is 1.58. The van der Waals surface area contributed by atoms with Crippen molar-refractivity contribution in [3.05, 3.63) is 71.7 Å². The second-order valence-electron chi connectivity index (χ2n) is 6.79. The highest BCUT2D eigenvalue weighted by atomic mass is 19.1. The number of carbonyl (C=O) groups excluding carboxylic acids is 1. The number of benzene rings is 2. The molecule has 0 saturated heterocycles. The highest BCUT2D eigenvalue weighted by Crippen LogP contribution is 2.27. The Balaban J connectivity index is 1.71. The molecule has 4 rings (SSSR count). The van der Waals surface area contributed by atoms with Gasteiger partial charge in [0.2, 0.25) is 11.8 Å². The molecule has 0 unspecified atom stereocenters. The molecule has 0 aliphatic heterocycles. The van der Waals surface area contributed by atoms with Crippen LogP contribution in [0.2, 0.25) is 0 Å². The second kappa shape index (κ2) is 8.83. The summed E-state index contributed by atoms with van der Waals surface area (Å²) in [5.74, 6) is 0.274. The minimum absolute atomic E-state index is 0.0564. The van der Waals surface area contributed by atoms with E-state index in [1.54, 1.807) is 24.4 Å². The number of Topliss-reactive ketones (excluding diaryl/α,β-unsaturated/α-hetero) is 1. The largest absolute Gasteiger partial charge is 0.476 e. The molecule has 0 saturated carbocycles. The van der Waals surface area contributed by atoms with Crippen molar-refractivity contribution in [2.45, 2.75) is 20.4 Å². The number of ether oxygens (including phenoxy) is 1. The minimum Gasteiger partial charge on any atom is -0.476 e. The van der Waals surface area contributed by atoms with E-state index in [9.17, 15) is 9.18 Å². The summed E-state index contributed by atoms with van der Waals surface area (Å²) in [4.78, 5) is 29.9. The van der Waals surface area contributed by atoms with Gasteiger partial charge in [0, 0.05) is 17.7 Å². The summed E-state index contributed by atoms with van der Waals surface area (Å²) in [5.41, 5.74) is 3.44. The number of fused-ring (bicyclic) bond motifs is 1. The highest BCUT2D eigenvalue weighted by Gasteiger charge is 2.16. The van der Waals surface area contributed by atoms with Gasteiger partial charge in [0.15, 0.2) is 16.9 Å². The van der Waals surface area contributed by atoms with Gasteiger partial charge in [0.25, 0.3) is 0 Å². The maximum atomic E-state index is 13.1. The summed E-state index contributed by atoms with van der Waals surface area (Å²) in [6, 6.07) is 13.4. The third-order valence-corrected chi connectivity index (χ3v) is 4.60. The predicted octanol–water partition coefficient (Wildman–Crippen LogP) is 4.44. The molecule has 2 heterocycles. The molecule has 7 nitrogen and oxygen atoms in total. The van der Waals surface area contributed by atoms with E-state index < -0.39 is 0 Å². The minimum atomic E-state index is -0.290. The van der Waals surface area contributed by atoms with Crippen LogP contribution in [0.1, 0.15) is 29.8 Å². The highest BCUT2D eigenvalue weighted by molar-refractivity contribution is 6.00. The molecule has 4 aromatic rings. The number of anilines is 1. The first-order valence-electron chi connectivity index (χ1n) is 9.81. The van der Waals surface area contributed by atoms with E-state index in [-0.39, 0.29) is 11.6 Å². The molecule has 31 heavy (non-hydrogen) atoms. The number of nitrogens with one attached hydrogen (secondary N) is 1. The van der Waals surface area contributed by atoms with Crippen LogP contribution in [0.3, 0.4) is 0 Å². The van der Waals surface area contributed by atoms with E-state index in [0.29, 0.717) is 53.0 Å². The molecule has 0 amide bonds. The Morgan fingerprint density at radius 3 is 2.58 bits per heavy atom. The molecule has 2 aromatic heterocycles. The maximum absolute atomic E-state index is 13.1. The van der Waals surface area contributed by atoms with Crippen LogP contribution in [-0.4, -0.2) is 32.3 Å². The van der Waals surface area contributed by atoms with E-state index in [1.165, 1.54) is 19.1 Å². The fourth-order valence-electron chi connectivity index (χ4n) is 3.13. The molecule has 8 heteroatoms. The van der Waals surface area contributed by atoms with Crippen LogP contribution in [0.15, 0.2) is 54.7 Å². The molecule has 0 radical (unpaired) electrons. The van der Waals surface area contributed by atoms with Crippen LogP contribution in [0.5, 0.6) is 5.88 Å². The van der Waals surface area contributed by atoms with Crippen LogP contribution < -0.4 is 10.1 Å². The van der Waals surface area contributed by atoms with Crippen molar-refractivity contribution in [1.29, 1.82) is 0 Å². The Hall–Kier alpha value is -3.94. The number of carbonyl (C=O) groups is 1. The number of aromatic nitrogens is 4. The normalized spacial score (nSPS) is 10.8. The van der Waals surface area contributed by atoms with Crippen LogP contribution in [0.4, 0.5) is 10.3 Å². The second-order valence-corrected chi connectivity index (χ2v) is 6.79. The Kier molecular flexibility index (Phi) is 5.79. The average Bonchev–Trinajstić information content (AvgIpc) is 2.78. The van der Waals surface area contributed by atoms with Gasteiger partial charge in [-0.25, -0.2) is 14.4 Å². The van der Waals surface area contributed by atoms with Gasteiger partial charge in [-0.05, 0) is 31.5 Å². The summed E-state index contributed by atoms with van der Waals surface area (Å²) >= 11 is 0. The fourth-order valence-corrected chi connectivity index (χ4v) is 3.13. The van der Waals surface area contributed by atoms with Crippen molar-refractivity contribution in [2.75, 3.05) is 11.9 Å². The molecule has 0 fully saturated rings. The first-order valence-corrected chi connectivity index (χ1v) is 9.81. The van der Waals surface area contributed by atoms with E-state index in [0.717, 1.165) is 5.56 Å². The van der Waals surface area contributed by atoms with E-state index in [2.05, 4.69) is 25.3 Å². The summed E-state index contributed by atoms with van der Waals surface area (Å²) in [7, 11) is 0. The van der Waals surface area contributed by atoms with Gasteiger partial charge in [-0.15, -0.1) is 0 Å². The first-order chi connectivity index (χ1) is 15.0. The van der Waals surface area contributed by atoms with Crippen LogP contribution in [0, 0.1) is 5.82 Å². The SMILES string of the molecule is CCOc1nc(NCc2ccc(F)cc2)nc2ncc(-c3ccccc3C(C)=O)nc12. The summed E-state index contributed by atoms with van der Waals surface area (Å²) < 4.78 is 18.8. The predicted molar refractivity (Wildman–Crippen MR) is 115 cm³/mol. The number of ketones is 1. The molecule has 0 aliphatic rings. The zero-order valence-corrected chi connectivity index (χ0v) is 17.1. The third kappa shape index (κ3) is 4.48. The lowest BCUT2D eigenvalue weighted by atomic mass is 10.0. The zero-order valence-electron chi connectivity index (χ0n) is 17.1. The molecule has 156 valence electrons. The topological polar surface area (TPSA) is 89.9 Å². The monoisotopic (exact) mass is 417 g/mol. The summed E-state index contributed by atoms with van der Waals surface area (Å²) in [5, 5.41) is 3.10. The van der Waals surface area contributed by atoms with Crippen LogP contribution in [-0.2, 0) is 6.54 Å². The van der Waals surface area contributed by atoms with Gasteiger partial charge < -0.3 is 10.1 Å². The van der Waals surface area contributed by atoms with E-state index >= 15 is 0 Å². The zero-order chi connectivity index (χ0) is 21.8. The molecular formula is C23H20FN5O2. The average molecular weight is 417 g/mol. The number of hydrogen-bond acceptors (Lipinski definition) is 7. The lowest BCUT2D eigenvalue weighted by molar-refractivity contribution is 0.101. The number of hydrogen-bond donors (Lipinski definition) is 1. The summed E-state index contributed by atoms with van der Waals surface area (Å²) in [6.45, 7) is 4.16. The number of nitrogens with zero attached hydrogens (tertiary/aromatic N) is 4. The first kappa shape index (κ1) is 20.3. The van der Waals surface area contributed by atoms with Crippen LogP contribution in [0.25, 0.3) is 22.4 Å². The van der Waals surface area contributed by atoms with Crippen molar-refractivity contribution in [2.24, 2.45) is 0 Å². The lowest BCUT2D eigenvalue weighted by Crippen LogP contribution is -2.08. The molecular weight excluding hydrogens is 397 g/mol. The van der Waals surface area contributed by atoms with Crippen molar-refractivity contribution >= 4 is 22.9 Å². The molecule has 0 bridgehead atoms. The van der Waals surface area contributed by atoms with Crippen molar-refractivity contribution in [1.82, 2.24) is 19.9 Å². The van der Waals surface area contributed by atoms with Crippen LogP contribution >= 0.6 is 0 Å². The van der Waals surface area contributed by atoms with Crippen molar-refractivity contribution < 1.29 is 13.9 Å². The maximum Gasteiger partial charge on any atom is 0.247 e. The molecule has 0 atom stereocenters. The molecule has 0 spiro atoms. The number of rotatable bonds is 7.